The van der Waals surface area contributed by atoms with Crippen LogP contribution < -0.4 is 5.32 Å². The van der Waals surface area contributed by atoms with Gasteiger partial charge >= 0.3 is 0 Å². The van der Waals surface area contributed by atoms with Crippen LogP contribution in [0.25, 0.3) is 0 Å². The van der Waals surface area contributed by atoms with Gasteiger partial charge in [-0.3, -0.25) is 9.78 Å². The molecule has 1 rings (SSSR count). The molecule has 0 atom stereocenters. The lowest BCUT2D eigenvalue weighted by molar-refractivity contribution is 0.0895. The summed E-state index contributed by atoms with van der Waals surface area (Å²) < 4.78 is 13.2. The Labute approximate surface area is 93.5 Å². The summed E-state index contributed by atoms with van der Waals surface area (Å²) in [6, 6.07) is 1.32. The predicted molar refractivity (Wildman–Crippen MR) is 57.4 cm³/mol. The van der Waals surface area contributed by atoms with Crippen LogP contribution in [0.2, 0.25) is 0 Å². The van der Waals surface area contributed by atoms with Crippen molar-refractivity contribution in [2.24, 2.45) is 0 Å². The number of aromatic nitrogens is 1. The number of hydrogen-bond acceptors (Lipinski definition) is 3. The van der Waals surface area contributed by atoms with Gasteiger partial charge in [0, 0.05) is 18.3 Å². The highest BCUT2D eigenvalue weighted by atomic mass is 19.1. The van der Waals surface area contributed by atoms with Crippen LogP contribution in [0.3, 0.4) is 0 Å². The van der Waals surface area contributed by atoms with Crippen molar-refractivity contribution in [3.63, 3.8) is 0 Å². The van der Waals surface area contributed by atoms with E-state index >= 15 is 0 Å². The Bertz CT molecular complexity index is 380. The van der Waals surface area contributed by atoms with Crippen LogP contribution in [0.5, 0.6) is 0 Å². The first-order valence-corrected chi connectivity index (χ1v) is 4.99. The topological polar surface area (TPSA) is 62.2 Å². The highest BCUT2D eigenvalue weighted by Crippen LogP contribution is 2.11. The van der Waals surface area contributed by atoms with Gasteiger partial charge in [-0.1, -0.05) is 0 Å². The molecule has 1 amide bonds. The van der Waals surface area contributed by atoms with Crippen molar-refractivity contribution < 1.29 is 14.3 Å². The molecule has 5 heteroatoms. The van der Waals surface area contributed by atoms with Gasteiger partial charge in [0.05, 0.1) is 11.8 Å². The van der Waals surface area contributed by atoms with E-state index < -0.39 is 17.3 Å². The van der Waals surface area contributed by atoms with E-state index in [0.29, 0.717) is 6.42 Å². The highest BCUT2D eigenvalue weighted by Gasteiger charge is 2.22. The Balaban J connectivity index is 2.77. The summed E-state index contributed by atoms with van der Waals surface area (Å²) in [4.78, 5) is 15.3. The van der Waals surface area contributed by atoms with E-state index in [1.54, 1.807) is 13.8 Å². The molecule has 1 aromatic rings. The molecule has 0 saturated heterocycles. The first-order chi connectivity index (χ1) is 7.46. The van der Waals surface area contributed by atoms with E-state index in [2.05, 4.69) is 10.3 Å². The number of rotatable bonds is 4. The van der Waals surface area contributed by atoms with Gasteiger partial charge in [0.15, 0.2) is 5.82 Å². The van der Waals surface area contributed by atoms with Crippen LogP contribution in [-0.2, 0) is 0 Å². The summed E-state index contributed by atoms with van der Waals surface area (Å²) >= 11 is 0. The van der Waals surface area contributed by atoms with Crippen molar-refractivity contribution in [1.82, 2.24) is 10.3 Å². The Kier molecular flexibility index (Phi) is 3.95. The van der Waals surface area contributed by atoms with Gasteiger partial charge < -0.3 is 10.4 Å². The van der Waals surface area contributed by atoms with Crippen LogP contribution >= 0.6 is 0 Å². The molecule has 1 heterocycles. The van der Waals surface area contributed by atoms with Crippen LogP contribution in [0.4, 0.5) is 4.39 Å². The number of aliphatic hydroxyl groups is 1. The van der Waals surface area contributed by atoms with Crippen LogP contribution in [0, 0.1) is 5.82 Å². The number of carbonyl (C=O) groups is 1. The molecule has 0 aliphatic rings. The molecule has 0 spiro atoms. The third-order valence-corrected chi connectivity index (χ3v) is 2.21. The van der Waals surface area contributed by atoms with Crippen molar-refractivity contribution in [2.75, 3.05) is 6.61 Å². The average molecular weight is 226 g/mol. The molecule has 0 aliphatic heterocycles. The molecule has 0 fully saturated rings. The van der Waals surface area contributed by atoms with E-state index in [9.17, 15) is 9.18 Å². The van der Waals surface area contributed by atoms with Gasteiger partial charge in [-0.15, -0.1) is 0 Å². The molecule has 4 nitrogen and oxygen atoms in total. The predicted octanol–water partition coefficient (Wildman–Crippen LogP) is 1.11. The lowest BCUT2D eigenvalue weighted by Crippen LogP contribution is -2.44. The Morgan fingerprint density at radius 1 is 1.62 bits per heavy atom. The van der Waals surface area contributed by atoms with Crippen molar-refractivity contribution in [2.45, 2.75) is 25.8 Å². The van der Waals surface area contributed by atoms with Crippen LogP contribution in [0.1, 0.15) is 30.6 Å². The maximum atomic E-state index is 13.2. The van der Waals surface area contributed by atoms with Gasteiger partial charge in [0.1, 0.15) is 0 Å². The summed E-state index contributed by atoms with van der Waals surface area (Å²) in [6.07, 6.45) is 2.76. The summed E-state index contributed by atoms with van der Waals surface area (Å²) in [6.45, 7) is 3.49. The van der Waals surface area contributed by atoms with Gasteiger partial charge in [0.25, 0.3) is 5.91 Å². The second kappa shape index (κ2) is 5.03. The van der Waals surface area contributed by atoms with Crippen molar-refractivity contribution in [3.05, 3.63) is 29.8 Å². The number of nitrogens with one attached hydrogen (secondary N) is 1. The van der Waals surface area contributed by atoms with E-state index in [-0.39, 0.29) is 12.2 Å². The van der Waals surface area contributed by atoms with Crippen LogP contribution in [0.15, 0.2) is 18.5 Å². The molecule has 0 saturated carbocycles. The molecule has 0 bridgehead atoms. The standard InChI is InChI=1S/C11H15FN2O2/c1-11(2,4-6-15)14-10(16)8-3-5-13-7-9(8)12/h3,5,7,15H,4,6H2,1-2H3,(H,14,16). The molecule has 2 N–H and O–H groups in total. The zero-order valence-electron chi connectivity index (χ0n) is 9.33. The molecule has 0 aromatic carbocycles. The van der Waals surface area contributed by atoms with Gasteiger partial charge in [-0.2, -0.15) is 0 Å². The minimum absolute atomic E-state index is 0.0356. The molecule has 0 radical (unpaired) electrons. The highest BCUT2D eigenvalue weighted by molar-refractivity contribution is 5.94. The first-order valence-electron chi connectivity index (χ1n) is 4.99. The monoisotopic (exact) mass is 226 g/mol. The Morgan fingerprint density at radius 2 is 2.31 bits per heavy atom. The molecule has 0 unspecified atom stereocenters. The van der Waals surface area contributed by atoms with Crippen molar-refractivity contribution >= 4 is 5.91 Å². The van der Waals surface area contributed by atoms with E-state index in [1.165, 1.54) is 12.3 Å². The fraction of sp³-hybridized carbons (Fsp3) is 0.455. The molecule has 0 aliphatic carbocycles. The summed E-state index contributed by atoms with van der Waals surface area (Å²) in [5.74, 6) is -1.15. The minimum Gasteiger partial charge on any atom is -0.396 e. The maximum Gasteiger partial charge on any atom is 0.254 e. The zero-order chi connectivity index (χ0) is 12.2. The number of halogens is 1. The van der Waals surface area contributed by atoms with Gasteiger partial charge in [-0.25, -0.2) is 4.39 Å². The molecular weight excluding hydrogens is 211 g/mol. The number of carbonyl (C=O) groups excluding carboxylic acids is 1. The number of amides is 1. The lowest BCUT2D eigenvalue weighted by Gasteiger charge is -2.25. The second-order valence-electron chi connectivity index (χ2n) is 4.17. The fourth-order valence-corrected chi connectivity index (χ4v) is 1.28. The lowest BCUT2D eigenvalue weighted by atomic mass is 10.0. The van der Waals surface area contributed by atoms with Crippen LogP contribution in [-0.4, -0.2) is 28.1 Å². The Morgan fingerprint density at radius 3 is 2.88 bits per heavy atom. The average Bonchev–Trinajstić information content (AvgIpc) is 2.17. The normalized spacial score (nSPS) is 11.2. The van der Waals surface area contributed by atoms with Crippen molar-refractivity contribution in [1.29, 1.82) is 0 Å². The molecule has 88 valence electrons. The molecular formula is C11H15FN2O2. The first kappa shape index (κ1) is 12.6. The number of aliphatic hydroxyl groups excluding tert-OH is 1. The maximum absolute atomic E-state index is 13.2. The quantitative estimate of drug-likeness (QED) is 0.808. The summed E-state index contributed by atoms with van der Waals surface area (Å²) in [7, 11) is 0. The Hall–Kier alpha value is -1.49. The van der Waals surface area contributed by atoms with Crippen molar-refractivity contribution in [3.8, 4) is 0 Å². The third-order valence-electron chi connectivity index (χ3n) is 2.21. The van der Waals surface area contributed by atoms with E-state index in [1.807, 2.05) is 0 Å². The van der Waals surface area contributed by atoms with Gasteiger partial charge in [-0.05, 0) is 26.3 Å². The number of nitrogens with zero attached hydrogens (tertiary/aromatic N) is 1. The van der Waals surface area contributed by atoms with Gasteiger partial charge in [0.2, 0.25) is 0 Å². The zero-order valence-corrected chi connectivity index (χ0v) is 9.33. The summed E-state index contributed by atoms with van der Waals surface area (Å²) in [5, 5.41) is 11.5. The smallest absolute Gasteiger partial charge is 0.254 e. The number of pyridine rings is 1. The molecule has 1 aromatic heterocycles. The third kappa shape index (κ3) is 3.27. The largest absolute Gasteiger partial charge is 0.396 e. The van der Waals surface area contributed by atoms with E-state index in [0.717, 1.165) is 6.20 Å². The summed E-state index contributed by atoms with van der Waals surface area (Å²) in [5.41, 5.74) is -0.609. The van der Waals surface area contributed by atoms with E-state index in [4.69, 9.17) is 5.11 Å². The number of hydrogen-bond donors (Lipinski definition) is 2. The molecule has 16 heavy (non-hydrogen) atoms. The fourth-order valence-electron chi connectivity index (χ4n) is 1.28. The SMILES string of the molecule is CC(C)(CCO)NC(=O)c1ccncc1F. The minimum atomic E-state index is -0.653. The second-order valence-corrected chi connectivity index (χ2v) is 4.17.